The minimum Gasteiger partial charge on any atom is -0.494 e. The van der Waals surface area contributed by atoms with E-state index in [1.165, 1.54) is 4.40 Å². The van der Waals surface area contributed by atoms with Gasteiger partial charge in [-0.1, -0.05) is 23.7 Å². The van der Waals surface area contributed by atoms with Crippen LogP contribution in [0.4, 0.5) is 5.69 Å². The van der Waals surface area contributed by atoms with Gasteiger partial charge in [-0.15, -0.1) is 5.10 Å². The number of nitrogens with one attached hydrogen (secondary N) is 1. The van der Waals surface area contributed by atoms with Gasteiger partial charge in [-0.2, -0.15) is 5.10 Å². The molecule has 0 aliphatic carbocycles. The molecule has 0 unspecified atom stereocenters. The zero-order valence-electron chi connectivity index (χ0n) is 17.6. The Balaban J connectivity index is 1.42. The van der Waals surface area contributed by atoms with Crippen molar-refractivity contribution < 1.29 is 9.53 Å². The number of rotatable bonds is 6. The Morgan fingerprint density at radius 2 is 1.82 bits per heavy atom. The summed E-state index contributed by atoms with van der Waals surface area (Å²) in [5, 5.41) is 12.3. The SMILES string of the molecule is CCOc1ccc(NC(=O)Cn2nc3c4cc(-c5ccc(Cl)cc5)nn4ccn3c2=O)cc1. The minimum atomic E-state index is -0.413. The van der Waals surface area contributed by atoms with Gasteiger partial charge in [0.05, 0.1) is 12.3 Å². The molecule has 9 nitrogen and oxygen atoms in total. The average Bonchev–Trinajstić information content (AvgIpc) is 3.37. The van der Waals surface area contributed by atoms with E-state index in [2.05, 4.69) is 15.5 Å². The van der Waals surface area contributed by atoms with Gasteiger partial charge in [0.2, 0.25) is 5.91 Å². The van der Waals surface area contributed by atoms with Crippen molar-refractivity contribution >= 4 is 34.4 Å². The van der Waals surface area contributed by atoms with E-state index in [0.717, 1.165) is 21.7 Å². The second-order valence-electron chi connectivity index (χ2n) is 7.30. The van der Waals surface area contributed by atoms with Crippen LogP contribution in [-0.4, -0.2) is 36.3 Å². The van der Waals surface area contributed by atoms with Crippen LogP contribution in [0.1, 0.15) is 6.92 Å². The monoisotopic (exact) mass is 462 g/mol. The molecule has 5 rings (SSSR count). The molecule has 2 aromatic carbocycles. The summed E-state index contributed by atoms with van der Waals surface area (Å²) in [7, 11) is 0. The summed E-state index contributed by atoms with van der Waals surface area (Å²) in [6.07, 6.45) is 3.26. The number of fused-ring (bicyclic) bond motifs is 3. The van der Waals surface area contributed by atoms with Crippen LogP contribution in [0.2, 0.25) is 5.02 Å². The van der Waals surface area contributed by atoms with Crippen LogP contribution in [0, 0.1) is 0 Å². The summed E-state index contributed by atoms with van der Waals surface area (Å²) in [6, 6.07) is 16.2. The number of carbonyl (C=O) groups is 1. The third kappa shape index (κ3) is 4.06. The second-order valence-corrected chi connectivity index (χ2v) is 7.74. The normalized spacial score (nSPS) is 11.2. The summed E-state index contributed by atoms with van der Waals surface area (Å²) in [5.74, 6) is 0.353. The van der Waals surface area contributed by atoms with Crippen LogP contribution in [0.25, 0.3) is 22.4 Å². The zero-order valence-corrected chi connectivity index (χ0v) is 18.4. The molecule has 1 N–H and O–H groups in total. The van der Waals surface area contributed by atoms with E-state index in [4.69, 9.17) is 16.3 Å². The number of amides is 1. The molecular formula is C23H19ClN6O3. The fourth-order valence-electron chi connectivity index (χ4n) is 3.54. The molecule has 166 valence electrons. The van der Waals surface area contributed by atoms with Gasteiger partial charge in [-0.3, -0.25) is 4.79 Å². The molecule has 10 heteroatoms. The summed E-state index contributed by atoms with van der Waals surface area (Å²) in [6.45, 7) is 2.24. The van der Waals surface area contributed by atoms with Gasteiger partial charge in [0, 0.05) is 28.7 Å². The van der Waals surface area contributed by atoms with Gasteiger partial charge in [-0.05, 0) is 49.4 Å². The number of carbonyl (C=O) groups excluding carboxylic acids is 1. The number of nitrogens with zero attached hydrogens (tertiary/aromatic N) is 5. The first-order chi connectivity index (χ1) is 16.0. The van der Waals surface area contributed by atoms with Crippen LogP contribution in [0.15, 0.2) is 71.8 Å². The highest BCUT2D eigenvalue weighted by Crippen LogP contribution is 2.23. The molecule has 0 atom stereocenters. The molecule has 0 saturated carbocycles. The number of halogens is 1. The number of anilines is 1. The van der Waals surface area contributed by atoms with Crippen molar-refractivity contribution in [2.45, 2.75) is 13.5 Å². The summed E-state index contributed by atoms with van der Waals surface area (Å²) < 4.78 is 9.57. The van der Waals surface area contributed by atoms with Crippen molar-refractivity contribution in [3.8, 4) is 17.0 Å². The molecule has 3 aromatic heterocycles. The van der Waals surface area contributed by atoms with E-state index in [1.54, 1.807) is 53.3 Å². The standard InChI is InChI=1S/C23H19ClN6O3/c1-2-33-18-9-7-17(8-10-18)25-21(31)14-30-23(32)28-11-12-29-20(22(28)27-30)13-19(26-29)15-3-5-16(24)6-4-15/h3-13H,2,14H2,1H3,(H,25,31). The molecule has 0 spiro atoms. The lowest BCUT2D eigenvalue weighted by atomic mass is 10.1. The molecule has 33 heavy (non-hydrogen) atoms. The number of ether oxygens (including phenoxy) is 1. The fourth-order valence-corrected chi connectivity index (χ4v) is 3.66. The highest BCUT2D eigenvalue weighted by molar-refractivity contribution is 6.30. The van der Waals surface area contributed by atoms with Crippen molar-refractivity contribution in [3.63, 3.8) is 0 Å². The lowest BCUT2D eigenvalue weighted by molar-refractivity contribution is -0.117. The van der Waals surface area contributed by atoms with Crippen LogP contribution >= 0.6 is 11.6 Å². The molecule has 1 amide bonds. The summed E-state index contributed by atoms with van der Waals surface area (Å²) in [5.41, 5.74) is 2.84. The molecule has 0 aliphatic heterocycles. The molecule has 0 aliphatic rings. The van der Waals surface area contributed by atoms with Crippen molar-refractivity contribution in [1.82, 2.24) is 23.8 Å². The first-order valence-corrected chi connectivity index (χ1v) is 10.7. The highest BCUT2D eigenvalue weighted by Gasteiger charge is 2.15. The quantitative estimate of drug-likeness (QED) is 0.416. The maximum Gasteiger partial charge on any atom is 0.350 e. The van der Waals surface area contributed by atoms with Crippen LogP contribution in [0.3, 0.4) is 0 Å². The van der Waals surface area contributed by atoms with Crippen molar-refractivity contribution in [2.24, 2.45) is 0 Å². The van der Waals surface area contributed by atoms with E-state index in [9.17, 15) is 9.59 Å². The maximum absolute atomic E-state index is 12.8. The molecule has 0 saturated heterocycles. The van der Waals surface area contributed by atoms with Gasteiger partial charge in [0.15, 0.2) is 5.65 Å². The van der Waals surface area contributed by atoms with E-state index < -0.39 is 5.69 Å². The zero-order chi connectivity index (χ0) is 22.9. The van der Waals surface area contributed by atoms with E-state index >= 15 is 0 Å². The largest absolute Gasteiger partial charge is 0.494 e. The Kier molecular flexibility index (Phi) is 5.31. The van der Waals surface area contributed by atoms with E-state index in [-0.39, 0.29) is 12.5 Å². The maximum atomic E-state index is 12.8. The first-order valence-electron chi connectivity index (χ1n) is 10.3. The Bertz CT molecular complexity index is 1520. The second kappa shape index (κ2) is 8.44. The minimum absolute atomic E-state index is 0.224. The predicted molar refractivity (Wildman–Crippen MR) is 125 cm³/mol. The number of aromatic nitrogens is 5. The number of hydrogen-bond donors (Lipinski definition) is 1. The molecule has 0 bridgehead atoms. The molecule has 3 heterocycles. The van der Waals surface area contributed by atoms with E-state index in [0.29, 0.717) is 28.5 Å². The molecule has 0 radical (unpaired) electrons. The molecule has 0 fully saturated rings. The van der Waals surface area contributed by atoms with Crippen molar-refractivity contribution in [2.75, 3.05) is 11.9 Å². The Labute approximate surface area is 192 Å². The summed E-state index contributed by atoms with van der Waals surface area (Å²) >= 11 is 5.97. The van der Waals surface area contributed by atoms with Crippen LogP contribution < -0.4 is 15.7 Å². The lowest BCUT2D eigenvalue weighted by Crippen LogP contribution is -2.28. The Morgan fingerprint density at radius 1 is 1.06 bits per heavy atom. The van der Waals surface area contributed by atoms with Gasteiger partial charge >= 0.3 is 5.69 Å². The van der Waals surface area contributed by atoms with Gasteiger partial charge < -0.3 is 10.1 Å². The van der Waals surface area contributed by atoms with Crippen molar-refractivity contribution in [1.29, 1.82) is 0 Å². The number of benzene rings is 2. The topological polar surface area (TPSA) is 94.9 Å². The fraction of sp³-hybridized carbons (Fsp3) is 0.130. The van der Waals surface area contributed by atoms with Gasteiger partial charge in [-0.25, -0.2) is 18.4 Å². The summed E-state index contributed by atoms with van der Waals surface area (Å²) in [4.78, 5) is 25.3. The molecule has 5 aromatic rings. The average molecular weight is 463 g/mol. The van der Waals surface area contributed by atoms with Crippen LogP contribution in [0.5, 0.6) is 5.75 Å². The van der Waals surface area contributed by atoms with Gasteiger partial charge in [0.25, 0.3) is 0 Å². The third-order valence-corrected chi connectivity index (χ3v) is 5.33. The first kappa shape index (κ1) is 20.8. The third-order valence-electron chi connectivity index (χ3n) is 5.07. The highest BCUT2D eigenvalue weighted by atomic mass is 35.5. The number of hydrogen-bond acceptors (Lipinski definition) is 5. The molecular weight excluding hydrogens is 444 g/mol. The van der Waals surface area contributed by atoms with E-state index in [1.807, 2.05) is 25.1 Å². The van der Waals surface area contributed by atoms with Gasteiger partial charge in [0.1, 0.15) is 17.8 Å². The predicted octanol–water partition coefficient (Wildman–Crippen LogP) is 3.50. The Hall–Kier alpha value is -4.11. The smallest absolute Gasteiger partial charge is 0.350 e. The lowest BCUT2D eigenvalue weighted by Gasteiger charge is -2.06. The Morgan fingerprint density at radius 3 is 2.55 bits per heavy atom. The van der Waals surface area contributed by atoms with Crippen molar-refractivity contribution in [3.05, 3.63) is 82.5 Å². The van der Waals surface area contributed by atoms with Crippen LogP contribution in [-0.2, 0) is 11.3 Å².